The van der Waals surface area contributed by atoms with Crippen LogP contribution in [0, 0.1) is 23.2 Å². The number of Topliss-reactive ketones (excluding diaryl/α,β-unsaturated/α-hetero) is 1. The highest BCUT2D eigenvalue weighted by Gasteiger charge is 2.46. The number of carbonyl (C=O) groups excluding carboxylic acids is 5. The van der Waals surface area contributed by atoms with Gasteiger partial charge in [-0.3, -0.25) is 24.2 Å². The van der Waals surface area contributed by atoms with Crippen LogP contribution in [-0.2, 0) is 23.9 Å². The number of esters is 1. The summed E-state index contributed by atoms with van der Waals surface area (Å²) >= 11 is 0. The van der Waals surface area contributed by atoms with Gasteiger partial charge >= 0.3 is 12.1 Å². The molecule has 3 rings (SSSR count). The molecule has 2 heterocycles. The molecular weight excluding hydrogens is 590 g/mol. The molecule has 1 aromatic heterocycles. The lowest BCUT2D eigenvalue weighted by atomic mass is 9.74. The van der Waals surface area contributed by atoms with Crippen LogP contribution in [0.5, 0.6) is 0 Å². The van der Waals surface area contributed by atoms with E-state index in [2.05, 4.69) is 20.6 Å². The second kappa shape index (κ2) is 14.9. The van der Waals surface area contributed by atoms with Crippen LogP contribution >= 0.6 is 0 Å². The molecule has 4 atom stereocenters. The predicted octanol–water partition coefficient (Wildman–Crippen LogP) is 4.47. The van der Waals surface area contributed by atoms with Gasteiger partial charge in [0, 0.05) is 37.8 Å². The Morgan fingerprint density at radius 1 is 0.891 bits per heavy atom. The Kier molecular flexibility index (Phi) is 11.9. The van der Waals surface area contributed by atoms with E-state index in [4.69, 9.17) is 9.47 Å². The molecule has 2 aliphatic rings. The molecule has 12 nitrogen and oxygen atoms in total. The standard InChI is InChI=1S/C34H53N5O7/c1-32(2,3)23(17-26(40)27(21-13-11-10-12-14-21)38-29(42)24-18-35-15-16-36-24)28(41)37-25-20-39(31(44)46-34(7,8)9)19-22(25)30(43)45-33(4,5)6/h15-16,18,21-23,25,27H,10-14,17,19-20H2,1-9H3,(H,37,41)(H,38,42)/t22-,23-,25?,27+/m1/s1. The van der Waals surface area contributed by atoms with Crippen molar-refractivity contribution in [3.63, 3.8) is 0 Å². The number of ketones is 1. The quantitative estimate of drug-likeness (QED) is 0.371. The zero-order valence-corrected chi connectivity index (χ0v) is 29.0. The van der Waals surface area contributed by atoms with Gasteiger partial charge in [-0.15, -0.1) is 0 Å². The van der Waals surface area contributed by atoms with E-state index in [9.17, 15) is 24.0 Å². The first-order chi connectivity index (χ1) is 21.2. The van der Waals surface area contributed by atoms with Gasteiger partial charge in [0.2, 0.25) is 5.91 Å². The first-order valence-corrected chi connectivity index (χ1v) is 16.4. The number of likely N-dealkylation sites (tertiary alicyclic amines) is 1. The number of rotatable bonds is 9. The molecule has 3 amide bonds. The molecule has 1 saturated heterocycles. The maximum absolute atomic E-state index is 14.0. The van der Waals surface area contributed by atoms with E-state index in [-0.39, 0.29) is 36.9 Å². The average Bonchev–Trinajstić information content (AvgIpc) is 3.37. The minimum Gasteiger partial charge on any atom is -0.460 e. The molecule has 46 heavy (non-hydrogen) atoms. The molecular formula is C34H53N5O7. The van der Waals surface area contributed by atoms with E-state index in [0.717, 1.165) is 32.1 Å². The van der Waals surface area contributed by atoms with Crippen molar-refractivity contribution in [3.8, 4) is 0 Å². The molecule has 1 aliphatic carbocycles. The fourth-order valence-corrected chi connectivity index (χ4v) is 6.01. The minimum atomic E-state index is -0.826. The molecule has 0 radical (unpaired) electrons. The Bertz CT molecular complexity index is 1240. The lowest BCUT2D eigenvalue weighted by Crippen LogP contribution is -2.51. The van der Waals surface area contributed by atoms with Crippen LogP contribution in [0.4, 0.5) is 4.79 Å². The third kappa shape index (κ3) is 10.8. The normalized spacial score (nSPS) is 20.8. The summed E-state index contributed by atoms with van der Waals surface area (Å²) in [5.41, 5.74) is -2.04. The number of aromatic nitrogens is 2. The highest BCUT2D eigenvalue weighted by molar-refractivity contribution is 5.97. The summed E-state index contributed by atoms with van der Waals surface area (Å²) in [5.74, 6) is -3.32. The highest BCUT2D eigenvalue weighted by atomic mass is 16.6. The largest absolute Gasteiger partial charge is 0.460 e. The second-order valence-electron chi connectivity index (χ2n) is 15.7. The smallest absolute Gasteiger partial charge is 0.410 e. The van der Waals surface area contributed by atoms with Crippen LogP contribution in [0.25, 0.3) is 0 Å². The molecule has 1 unspecified atom stereocenters. The highest BCUT2D eigenvalue weighted by Crippen LogP contribution is 2.34. The molecule has 2 N–H and O–H groups in total. The number of carbonyl (C=O) groups is 5. The molecule has 12 heteroatoms. The van der Waals surface area contributed by atoms with Gasteiger partial charge in [-0.05, 0) is 65.7 Å². The van der Waals surface area contributed by atoms with Gasteiger partial charge in [0.05, 0.1) is 24.2 Å². The summed E-state index contributed by atoms with van der Waals surface area (Å²) in [5, 5.41) is 5.90. The summed E-state index contributed by atoms with van der Waals surface area (Å²) in [4.78, 5) is 76.8. The summed E-state index contributed by atoms with van der Waals surface area (Å²) in [6.07, 6.45) is 8.12. The summed E-state index contributed by atoms with van der Waals surface area (Å²) < 4.78 is 11.2. The van der Waals surface area contributed by atoms with Crippen LogP contribution in [0.3, 0.4) is 0 Å². The Balaban J connectivity index is 1.83. The number of nitrogens with one attached hydrogen (secondary N) is 2. The number of hydrogen-bond acceptors (Lipinski definition) is 9. The van der Waals surface area contributed by atoms with Crippen molar-refractivity contribution >= 4 is 29.7 Å². The maximum atomic E-state index is 14.0. The average molecular weight is 644 g/mol. The van der Waals surface area contributed by atoms with Gasteiger partial charge in [-0.2, -0.15) is 0 Å². The zero-order valence-electron chi connectivity index (χ0n) is 29.0. The van der Waals surface area contributed by atoms with Gasteiger partial charge in [0.1, 0.15) is 16.9 Å². The molecule has 1 aliphatic heterocycles. The van der Waals surface area contributed by atoms with Gasteiger partial charge < -0.3 is 25.0 Å². The summed E-state index contributed by atoms with van der Waals surface area (Å²) in [6, 6.07) is -1.53. The van der Waals surface area contributed by atoms with Crippen molar-refractivity contribution in [1.29, 1.82) is 0 Å². The van der Waals surface area contributed by atoms with E-state index in [1.165, 1.54) is 23.5 Å². The Hall–Kier alpha value is -3.57. The zero-order chi connectivity index (χ0) is 34.4. The van der Waals surface area contributed by atoms with Crippen molar-refractivity contribution in [1.82, 2.24) is 25.5 Å². The third-order valence-electron chi connectivity index (χ3n) is 8.33. The molecule has 256 valence electrons. The SMILES string of the molecule is CC(C)(C)OC(=O)[C@@H]1CN(C(=O)OC(C)(C)C)CC1NC(=O)[C@@H](CC(=O)[C@@H](NC(=O)c1cnccn1)C1CCCCC1)C(C)(C)C. The second-order valence-corrected chi connectivity index (χ2v) is 15.7. The summed E-state index contributed by atoms with van der Waals surface area (Å²) in [7, 11) is 0. The molecule has 0 bridgehead atoms. The van der Waals surface area contributed by atoms with E-state index in [1.807, 2.05) is 20.8 Å². The van der Waals surface area contributed by atoms with E-state index in [0.29, 0.717) is 0 Å². The van der Waals surface area contributed by atoms with Crippen molar-refractivity contribution in [3.05, 3.63) is 24.3 Å². The number of nitrogens with zero attached hydrogens (tertiary/aromatic N) is 3. The van der Waals surface area contributed by atoms with Gasteiger partial charge in [-0.1, -0.05) is 40.0 Å². The Morgan fingerprint density at radius 3 is 2.07 bits per heavy atom. The fourth-order valence-electron chi connectivity index (χ4n) is 6.01. The monoisotopic (exact) mass is 643 g/mol. The molecule has 1 saturated carbocycles. The molecule has 2 fully saturated rings. The van der Waals surface area contributed by atoms with Gasteiger partial charge in [-0.25, -0.2) is 9.78 Å². The van der Waals surface area contributed by atoms with Crippen LogP contribution in [0.15, 0.2) is 18.6 Å². The fraction of sp³-hybridized carbons (Fsp3) is 0.735. The van der Waals surface area contributed by atoms with Crippen LogP contribution in [-0.4, -0.2) is 80.9 Å². The van der Waals surface area contributed by atoms with Crippen molar-refractivity contribution in [2.75, 3.05) is 13.1 Å². The van der Waals surface area contributed by atoms with Crippen molar-refractivity contribution < 1.29 is 33.4 Å². The van der Waals surface area contributed by atoms with Gasteiger partial charge in [0.25, 0.3) is 5.91 Å². The molecule has 1 aromatic rings. The predicted molar refractivity (Wildman–Crippen MR) is 172 cm³/mol. The maximum Gasteiger partial charge on any atom is 0.410 e. The van der Waals surface area contributed by atoms with E-state index < -0.39 is 64.4 Å². The van der Waals surface area contributed by atoms with E-state index in [1.54, 1.807) is 41.5 Å². The molecule has 0 aromatic carbocycles. The van der Waals surface area contributed by atoms with Crippen LogP contribution < -0.4 is 10.6 Å². The van der Waals surface area contributed by atoms with Crippen molar-refractivity contribution in [2.45, 2.75) is 124 Å². The Morgan fingerprint density at radius 2 is 1.52 bits per heavy atom. The Labute approximate surface area is 273 Å². The lowest BCUT2D eigenvalue weighted by Gasteiger charge is -2.34. The van der Waals surface area contributed by atoms with E-state index >= 15 is 0 Å². The minimum absolute atomic E-state index is 0.0199. The van der Waals surface area contributed by atoms with Crippen LogP contribution in [0.2, 0.25) is 0 Å². The van der Waals surface area contributed by atoms with Crippen LogP contribution in [0.1, 0.15) is 111 Å². The van der Waals surface area contributed by atoms with Gasteiger partial charge in [0.15, 0.2) is 5.78 Å². The lowest BCUT2D eigenvalue weighted by molar-refractivity contribution is -0.160. The van der Waals surface area contributed by atoms with Crippen molar-refractivity contribution in [2.24, 2.45) is 23.2 Å². The first-order valence-electron chi connectivity index (χ1n) is 16.4. The number of hydrogen-bond donors (Lipinski definition) is 2. The first kappa shape index (κ1) is 36.9. The third-order valence-corrected chi connectivity index (χ3v) is 8.33. The molecule has 0 spiro atoms. The number of amides is 3. The summed E-state index contributed by atoms with van der Waals surface area (Å²) in [6.45, 7) is 16.2. The number of ether oxygens (including phenoxy) is 2. The topological polar surface area (TPSA) is 157 Å².